The fourth-order valence-corrected chi connectivity index (χ4v) is 17.2. The quantitative estimate of drug-likeness (QED) is 0.0418. The van der Waals surface area contributed by atoms with Crippen molar-refractivity contribution in [2.24, 2.45) is 0 Å². The Morgan fingerprint density at radius 3 is 0.586 bits per heavy atom. The average molecular weight is 2150 g/mol. The molecule has 0 saturated heterocycles. The van der Waals surface area contributed by atoms with Gasteiger partial charge in [-0.25, -0.2) is 0 Å². The van der Waals surface area contributed by atoms with Gasteiger partial charge in [-0.3, -0.25) is 0 Å². The van der Waals surface area contributed by atoms with E-state index in [9.17, 15) is 123 Å². The van der Waals surface area contributed by atoms with Gasteiger partial charge in [0.15, 0.2) is 0 Å². The molecular formula is C92H44F52N+. The Kier molecular flexibility index (Phi) is 24.7. The molecule has 0 saturated carbocycles. The van der Waals surface area contributed by atoms with E-state index in [1.165, 1.54) is 60.7 Å². The second-order valence-corrected chi connectivity index (χ2v) is 33.8. The number of hydrogen-bond donors (Lipinski definition) is 0. The summed E-state index contributed by atoms with van der Waals surface area (Å²) in [6.45, 7) is -1.74. The summed E-state index contributed by atoms with van der Waals surface area (Å²) in [5, 5.41) is 2.15. The first-order chi connectivity index (χ1) is 65.6. The van der Waals surface area contributed by atoms with Crippen LogP contribution in [0.5, 0.6) is 0 Å². The van der Waals surface area contributed by atoms with Gasteiger partial charge in [0.1, 0.15) is 26.2 Å². The summed E-state index contributed by atoms with van der Waals surface area (Å²) < 4.78 is 772. The molecule has 780 valence electrons. The highest BCUT2D eigenvalue weighted by atomic mass is 19.5. The number of quaternary nitrogens is 1. The molecule has 0 bridgehead atoms. The molecule has 0 fully saturated rings. The normalized spacial score (nSPS) is 15.8. The second-order valence-electron chi connectivity index (χ2n) is 33.8. The SMILES string of the molecule is FC(F)(F)C(F)(F)C(F)(F)C(F)(F)C(F)(F)C(F)(F)c1cc(-c2ccc(-c3cc4ccccc4c4c3C[N+]3(Cc5ccc6ccccc6c5-c5c(ccc6ccccc56)C3)Cc3c(-c5ccc(-c6cc(C(F)(F)C(F)(F)C(F)(F)C(F)(F)C(F)(F)C(F)(F)F)cc(C(F)(F)C(F)(F)C(F)(F)C(F)(F)C(F)(F)C(F)(F)F)c6)cc5)cc5ccccc5c3-4)cc2)cc(C(F)(F)C(F)(F)C(F)(F)C(F)(F)C(F)(F)C(F)(F)F)c1. The van der Waals surface area contributed by atoms with Crippen molar-refractivity contribution in [3.63, 3.8) is 0 Å². The Labute approximate surface area is 772 Å². The van der Waals surface area contributed by atoms with Crippen molar-refractivity contribution < 1.29 is 233 Å². The minimum Gasteiger partial charge on any atom is -0.309 e. The molecular weight excluding hydrogens is 2110 g/mol. The number of benzene rings is 12. The van der Waals surface area contributed by atoms with Crippen LogP contribution in [-0.2, 0) is 49.9 Å². The first kappa shape index (κ1) is 109. The largest absolute Gasteiger partial charge is 0.460 e. The fraction of sp³-hybridized carbons (Fsp3) is 0.304. The molecule has 2 heterocycles. The van der Waals surface area contributed by atoms with Gasteiger partial charge >= 0.3 is 143 Å². The van der Waals surface area contributed by atoms with E-state index in [4.69, 9.17) is 0 Å². The number of fused-ring (bicyclic) bond motifs is 14. The lowest BCUT2D eigenvalue weighted by molar-refractivity contribution is -0.977. The molecule has 0 unspecified atom stereocenters. The lowest BCUT2D eigenvalue weighted by Gasteiger charge is -2.41. The van der Waals surface area contributed by atoms with E-state index in [1.54, 1.807) is 72.8 Å². The molecule has 2 aliphatic heterocycles. The van der Waals surface area contributed by atoms with Crippen LogP contribution >= 0.6 is 0 Å². The maximum Gasteiger partial charge on any atom is 0.460 e. The van der Waals surface area contributed by atoms with Crippen LogP contribution in [0.15, 0.2) is 218 Å². The van der Waals surface area contributed by atoms with Crippen molar-refractivity contribution in [2.45, 2.75) is 169 Å². The van der Waals surface area contributed by atoms with E-state index >= 15 is 105 Å². The number of alkyl halides is 52. The molecule has 0 N–H and O–H groups in total. The van der Waals surface area contributed by atoms with Crippen LogP contribution in [0.2, 0.25) is 0 Å². The summed E-state index contributed by atoms with van der Waals surface area (Å²) in [6.07, 6.45) is -32.8. The van der Waals surface area contributed by atoms with E-state index in [2.05, 4.69) is 0 Å². The van der Waals surface area contributed by atoms with Gasteiger partial charge < -0.3 is 4.48 Å². The van der Waals surface area contributed by atoms with Gasteiger partial charge in [-0.05, 0) is 147 Å². The zero-order valence-electron chi connectivity index (χ0n) is 69.7. The summed E-state index contributed by atoms with van der Waals surface area (Å²) in [6, 6.07) is 28.2. The Hall–Kier alpha value is -12.0. The molecule has 0 amide bonds. The molecule has 0 radical (unpaired) electrons. The summed E-state index contributed by atoms with van der Waals surface area (Å²) >= 11 is 0. The lowest BCUT2D eigenvalue weighted by atomic mass is 9.81. The summed E-state index contributed by atoms with van der Waals surface area (Å²) in [7, 11) is 0. The molecule has 12 aromatic rings. The predicted octanol–water partition coefficient (Wildman–Crippen LogP) is 34.6. The molecule has 12 aromatic carbocycles. The number of nitrogens with zero attached hydrogens (tertiary/aromatic N) is 1. The Balaban J connectivity index is 1.03. The van der Waals surface area contributed by atoms with Crippen molar-refractivity contribution >= 4 is 43.1 Å². The Bertz CT molecular complexity index is 6490. The van der Waals surface area contributed by atoms with Gasteiger partial charge in [0.25, 0.3) is 0 Å². The molecule has 0 aromatic heterocycles. The van der Waals surface area contributed by atoms with Crippen LogP contribution in [0.4, 0.5) is 228 Å². The van der Waals surface area contributed by atoms with E-state index in [1.807, 2.05) is 0 Å². The minimum absolute atomic E-state index is 0.0147. The molecule has 2 aliphatic rings. The number of hydrogen-bond acceptors (Lipinski definition) is 0. The molecule has 0 aliphatic carbocycles. The summed E-state index contributed by atoms with van der Waals surface area (Å²) in [4.78, 5) is 0. The molecule has 1 nitrogen and oxygen atoms in total. The number of halogens is 52. The van der Waals surface area contributed by atoms with E-state index in [-0.39, 0.29) is 68.0 Å². The van der Waals surface area contributed by atoms with Crippen LogP contribution in [-0.4, -0.2) is 124 Å². The smallest absolute Gasteiger partial charge is 0.309 e. The molecule has 0 atom stereocenters. The molecule has 53 heteroatoms. The van der Waals surface area contributed by atoms with Crippen molar-refractivity contribution in [3.05, 3.63) is 263 Å². The zero-order chi connectivity index (χ0) is 109. The predicted molar refractivity (Wildman–Crippen MR) is 410 cm³/mol. The van der Waals surface area contributed by atoms with Crippen molar-refractivity contribution in [1.29, 1.82) is 0 Å². The highest BCUT2D eigenvalue weighted by molar-refractivity contribution is 6.13. The third kappa shape index (κ3) is 15.3. The third-order valence-corrected chi connectivity index (χ3v) is 25.0. The van der Waals surface area contributed by atoms with Gasteiger partial charge in [0, 0.05) is 55.6 Å². The number of rotatable bonds is 24. The molecule has 1 spiro atoms. The fourth-order valence-electron chi connectivity index (χ4n) is 17.2. The van der Waals surface area contributed by atoms with Gasteiger partial charge in [0.2, 0.25) is 0 Å². The highest BCUT2D eigenvalue weighted by Gasteiger charge is 2.96. The van der Waals surface area contributed by atoms with E-state index in [0.29, 0.717) is 92.3 Å². The van der Waals surface area contributed by atoms with Gasteiger partial charge in [-0.2, -0.15) is 228 Å². The molecule has 145 heavy (non-hydrogen) atoms. The average Bonchev–Trinajstić information content (AvgIpc) is 1.71. The maximum absolute atomic E-state index is 16.5. The standard InChI is InChI=1S/C92H44F52N/c93-69(94,73(101,102)77(109,110)81(117,118)85(125,126)89(133,134)135)53-29-51(30-54(35-53)70(95,96)74(103,104)78(111,112)82(119,120)86(127,128)90(136,137)138)41-17-21-45(22-18-41)61-33-47-11-3-7-15-59(47)67-63(61)39-145(37-49-27-25-43-9-1-5-13-57(43)65(49)66-50(38-145)28-26-44-10-2-6-14-58(44)66)40-64-62(34-48-12-4-8-16-60(48)68(64)67)46-23-19-42(20-24-46)52-31-55(71(97,98)75(105,106)79(113,114)83(121,122)87(129,130)91(139,140)141)36-56(32-52)72(99,100)76(107,108)80(115,116)84(123,124)88(131,132)92(142,143)144/h1-36H,37-40H2/q+1. The van der Waals surface area contributed by atoms with Crippen LogP contribution in [0, 0.1) is 0 Å². The third-order valence-electron chi connectivity index (χ3n) is 25.0. The minimum atomic E-state index is -8.99. The van der Waals surface area contributed by atoms with Crippen LogP contribution < -0.4 is 0 Å². The molecule has 14 rings (SSSR count). The monoisotopic (exact) mass is 2150 g/mol. The van der Waals surface area contributed by atoms with Crippen molar-refractivity contribution in [1.82, 2.24) is 0 Å². The van der Waals surface area contributed by atoms with E-state index < -0.39 is 253 Å². The summed E-state index contributed by atoms with van der Waals surface area (Å²) in [5.74, 6) is -173. The lowest BCUT2D eigenvalue weighted by Crippen LogP contribution is -2.69. The van der Waals surface area contributed by atoms with Gasteiger partial charge in [-0.1, -0.05) is 170 Å². The first-order valence-electron chi connectivity index (χ1n) is 39.9. The van der Waals surface area contributed by atoms with Crippen LogP contribution in [0.3, 0.4) is 0 Å². The summed E-state index contributed by atoms with van der Waals surface area (Å²) in [5.41, 5.74) is -22.6. The van der Waals surface area contributed by atoms with Crippen molar-refractivity contribution in [3.8, 4) is 66.8 Å². The Morgan fingerprint density at radius 2 is 0.359 bits per heavy atom. The second kappa shape index (κ2) is 33.0. The Morgan fingerprint density at radius 1 is 0.159 bits per heavy atom. The van der Waals surface area contributed by atoms with Crippen LogP contribution in [0.25, 0.3) is 110 Å². The van der Waals surface area contributed by atoms with Crippen molar-refractivity contribution in [2.75, 3.05) is 0 Å². The van der Waals surface area contributed by atoms with Gasteiger partial charge in [0.05, 0.1) is 0 Å². The van der Waals surface area contributed by atoms with Gasteiger partial charge in [-0.15, -0.1) is 0 Å². The first-order valence-corrected chi connectivity index (χ1v) is 39.9. The topological polar surface area (TPSA) is 0 Å². The maximum atomic E-state index is 16.5. The van der Waals surface area contributed by atoms with E-state index in [0.717, 1.165) is 0 Å². The zero-order valence-corrected chi connectivity index (χ0v) is 69.7. The van der Waals surface area contributed by atoms with Crippen LogP contribution in [0.1, 0.15) is 44.5 Å². The highest BCUT2D eigenvalue weighted by Crippen LogP contribution is 2.70.